The molecule has 0 saturated carbocycles. The van der Waals surface area contributed by atoms with Gasteiger partial charge in [0.2, 0.25) is 0 Å². The van der Waals surface area contributed by atoms with Crippen LogP contribution >= 0.6 is 0 Å². The van der Waals surface area contributed by atoms with Crippen LogP contribution in [0.25, 0.3) is 0 Å². The first-order valence-corrected chi connectivity index (χ1v) is 3.49. The average Bonchev–Trinajstić information content (AvgIpc) is 1.58. The third kappa shape index (κ3) is 5.73. The van der Waals surface area contributed by atoms with Crippen LogP contribution in [0.1, 0.15) is 26.7 Å². The Hall–Kier alpha value is -0.400. The standard InChI is InChI=1S/C8H14F2/c1-6(2)4-8(10)5-7(3)9/h6,8H,3-5H2,1-2H3/t8-/m1/s1. The maximum atomic E-state index is 12.6. The Morgan fingerprint density at radius 2 is 2.00 bits per heavy atom. The van der Waals surface area contributed by atoms with Gasteiger partial charge in [-0.1, -0.05) is 20.4 Å². The summed E-state index contributed by atoms with van der Waals surface area (Å²) in [5.41, 5.74) is 0. The third-order valence-corrected chi connectivity index (χ3v) is 1.17. The van der Waals surface area contributed by atoms with Gasteiger partial charge in [-0.05, 0) is 12.3 Å². The lowest BCUT2D eigenvalue weighted by Gasteiger charge is -2.07. The molecule has 0 unspecified atom stereocenters. The van der Waals surface area contributed by atoms with E-state index >= 15 is 0 Å². The number of alkyl halides is 1. The molecular formula is C8H14F2. The van der Waals surface area contributed by atoms with Gasteiger partial charge in [-0.3, -0.25) is 0 Å². The van der Waals surface area contributed by atoms with Gasteiger partial charge in [-0.2, -0.15) is 0 Å². The van der Waals surface area contributed by atoms with E-state index in [0.717, 1.165) is 0 Å². The van der Waals surface area contributed by atoms with Gasteiger partial charge < -0.3 is 0 Å². The molecular weight excluding hydrogens is 134 g/mol. The summed E-state index contributed by atoms with van der Waals surface area (Å²) >= 11 is 0. The van der Waals surface area contributed by atoms with E-state index in [0.29, 0.717) is 6.42 Å². The highest BCUT2D eigenvalue weighted by Crippen LogP contribution is 2.15. The maximum Gasteiger partial charge on any atom is 0.107 e. The summed E-state index contributed by atoms with van der Waals surface area (Å²) in [6.07, 6.45) is -0.779. The van der Waals surface area contributed by atoms with Crippen molar-refractivity contribution < 1.29 is 8.78 Å². The van der Waals surface area contributed by atoms with Crippen molar-refractivity contribution in [1.29, 1.82) is 0 Å². The predicted octanol–water partition coefficient (Wildman–Crippen LogP) is 3.24. The fourth-order valence-electron chi connectivity index (χ4n) is 0.835. The van der Waals surface area contributed by atoms with Crippen molar-refractivity contribution in [2.75, 3.05) is 0 Å². The second-order valence-electron chi connectivity index (χ2n) is 2.95. The van der Waals surface area contributed by atoms with Gasteiger partial charge in [-0.15, -0.1) is 0 Å². The zero-order valence-corrected chi connectivity index (χ0v) is 6.53. The van der Waals surface area contributed by atoms with Crippen molar-refractivity contribution in [3.8, 4) is 0 Å². The summed E-state index contributed by atoms with van der Waals surface area (Å²) in [6.45, 7) is 6.82. The molecule has 0 aromatic rings. The molecule has 0 amide bonds. The van der Waals surface area contributed by atoms with E-state index in [1.807, 2.05) is 13.8 Å². The van der Waals surface area contributed by atoms with E-state index in [4.69, 9.17) is 0 Å². The smallest absolute Gasteiger partial charge is 0.107 e. The quantitative estimate of drug-likeness (QED) is 0.574. The zero-order valence-electron chi connectivity index (χ0n) is 6.53. The van der Waals surface area contributed by atoms with Crippen LogP contribution in [0.3, 0.4) is 0 Å². The van der Waals surface area contributed by atoms with Crippen molar-refractivity contribution in [2.24, 2.45) is 5.92 Å². The summed E-state index contributed by atoms with van der Waals surface area (Å²) in [5.74, 6) is -0.275. The van der Waals surface area contributed by atoms with Gasteiger partial charge in [-0.25, -0.2) is 8.78 Å². The van der Waals surface area contributed by atoms with Gasteiger partial charge in [0.15, 0.2) is 0 Å². The van der Waals surface area contributed by atoms with Gasteiger partial charge in [0, 0.05) is 6.42 Å². The second kappa shape index (κ2) is 4.42. The number of hydrogen-bond acceptors (Lipinski definition) is 0. The summed E-state index contributed by atoms with van der Waals surface area (Å²) < 4.78 is 24.6. The summed E-state index contributed by atoms with van der Waals surface area (Å²) in [4.78, 5) is 0. The van der Waals surface area contributed by atoms with Gasteiger partial charge in [0.1, 0.15) is 6.17 Å². The van der Waals surface area contributed by atoms with Crippen molar-refractivity contribution in [3.63, 3.8) is 0 Å². The number of hydrogen-bond donors (Lipinski definition) is 0. The highest BCUT2D eigenvalue weighted by atomic mass is 19.1. The van der Waals surface area contributed by atoms with Crippen molar-refractivity contribution >= 4 is 0 Å². The van der Waals surface area contributed by atoms with Crippen LogP contribution in [0.5, 0.6) is 0 Å². The van der Waals surface area contributed by atoms with Gasteiger partial charge in [0.05, 0.1) is 5.83 Å². The Kier molecular flexibility index (Phi) is 4.24. The largest absolute Gasteiger partial charge is 0.247 e. The first-order chi connectivity index (χ1) is 4.52. The van der Waals surface area contributed by atoms with E-state index in [1.165, 1.54) is 0 Å². The Bertz CT molecular complexity index is 108. The molecule has 0 rings (SSSR count). The van der Waals surface area contributed by atoms with Crippen LogP contribution in [-0.2, 0) is 0 Å². The van der Waals surface area contributed by atoms with E-state index in [1.54, 1.807) is 0 Å². The monoisotopic (exact) mass is 148 g/mol. The number of allylic oxidation sites excluding steroid dienone is 1. The lowest BCUT2D eigenvalue weighted by molar-refractivity contribution is 0.268. The molecule has 0 radical (unpaired) electrons. The minimum atomic E-state index is -1.06. The van der Waals surface area contributed by atoms with Crippen molar-refractivity contribution in [1.82, 2.24) is 0 Å². The molecule has 0 spiro atoms. The minimum absolute atomic E-state index is 0.141. The highest BCUT2D eigenvalue weighted by Gasteiger charge is 2.09. The summed E-state index contributed by atoms with van der Waals surface area (Å²) in [5, 5.41) is 0. The lowest BCUT2D eigenvalue weighted by Crippen LogP contribution is -2.04. The van der Waals surface area contributed by atoms with E-state index in [2.05, 4.69) is 6.58 Å². The molecule has 0 aliphatic heterocycles. The van der Waals surface area contributed by atoms with Gasteiger partial charge in [0.25, 0.3) is 0 Å². The third-order valence-electron chi connectivity index (χ3n) is 1.17. The van der Waals surface area contributed by atoms with Crippen LogP contribution < -0.4 is 0 Å². The fourth-order valence-corrected chi connectivity index (χ4v) is 0.835. The Morgan fingerprint density at radius 3 is 2.30 bits per heavy atom. The molecule has 0 aliphatic carbocycles. The molecule has 0 aromatic carbocycles. The normalized spacial score (nSPS) is 13.7. The number of rotatable bonds is 4. The molecule has 2 heteroatoms. The molecule has 0 aromatic heterocycles. The second-order valence-corrected chi connectivity index (χ2v) is 2.95. The SMILES string of the molecule is C=C(F)C[C@H](F)CC(C)C. The predicted molar refractivity (Wildman–Crippen MR) is 39.2 cm³/mol. The molecule has 0 bridgehead atoms. The molecule has 60 valence electrons. The van der Waals surface area contributed by atoms with Crippen LogP contribution in [0.15, 0.2) is 12.4 Å². The first-order valence-electron chi connectivity index (χ1n) is 3.49. The van der Waals surface area contributed by atoms with Crippen molar-refractivity contribution in [2.45, 2.75) is 32.9 Å². The Balaban J connectivity index is 3.43. The Labute approximate surface area is 60.9 Å². The van der Waals surface area contributed by atoms with Crippen LogP contribution in [-0.4, -0.2) is 6.17 Å². The van der Waals surface area contributed by atoms with Gasteiger partial charge >= 0.3 is 0 Å². The number of halogens is 2. The van der Waals surface area contributed by atoms with Crippen LogP contribution in [0, 0.1) is 5.92 Å². The molecule has 0 N–H and O–H groups in total. The topological polar surface area (TPSA) is 0 Å². The highest BCUT2D eigenvalue weighted by molar-refractivity contribution is 4.83. The maximum absolute atomic E-state index is 12.6. The van der Waals surface area contributed by atoms with E-state index < -0.39 is 12.0 Å². The average molecular weight is 148 g/mol. The van der Waals surface area contributed by atoms with Crippen molar-refractivity contribution in [3.05, 3.63) is 12.4 Å². The molecule has 0 saturated heterocycles. The minimum Gasteiger partial charge on any atom is -0.247 e. The molecule has 0 fully saturated rings. The van der Waals surface area contributed by atoms with E-state index in [-0.39, 0.29) is 12.3 Å². The van der Waals surface area contributed by atoms with Crippen LogP contribution in [0.4, 0.5) is 8.78 Å². The summed E-state index contributed by atoms with van der Waals surface area (Å²) in [7, 11) is 0. The Morgan fingerprint density at radius 1 is 1.50 bits per heavy atom. The van der Waals surface area contributed by atoms with E-state index in [9.17, 15) is 8.78 Å². The molecule has 1 atom stereocenters. The summed E-state index contributed by atoms with van der Waals surface area (Å²) in [6, 6.07) is 0. The molecule has 0 nitrogen and oxygen atoms in total. The zero-order chi connectivity index (χ0) is 8.15. The van der Waals surface area contributed by atoms with Crippen LogP contribution in [0.2, 0.25) is 0 Å². The first kappa shape index (κ1) is 9.60. The fraction of sp³-hybridized carbons (Fsp3) is 0.750. The molecule has 10 heavy (non-hydrogen) atoms. The molecule has 0 heterocycles. The molecule has 0 aliphatic rings. The lowest BCUT2D eigenvalue weighted by atomic mass is 10.0.